The Morgan fingerprint density at radius 2 is 2.23 bits per heavy atom. The third kappa shape index (κ3) is 5.54. The van der Waals surface area contributed by atoms with Gasteiger partial charge in [0.05, 0.1) is 13.2 Å². The molecule has 0 spiro atoms. The highest BCUT2D eigenvalue weighted by Crippen LogP contribution is 2.15. The van der Waals surface area contributed by atoms with E-state index in [0.29, 0.717) is 18.0 Å². The lowest BCUT2D eigenvalue weighted by Crippen LogP contribution is -2.40. The zero-order valence-electron chi connectivity index (χ0n) is 13.1. The highest BCUT2D eigenvalue weighted by molar-refractivity contribution is 5.80. The molecule has 1 aliphatic rings. The zero-order valence-corrected chi connectivity index (χ0v) is 13.1. The molecule has 0 aliphatic carbocycles. The van der Waals surface area contributed by atoms with Crippen LogP contribution in [0.25, 0.3) is 0 Å². The summed E-state index contributed by atoms with van der Waals surface area (Å²) in [6, 6.07) is 7.08. The first-order valence-corrected chi connectivity index (χ1v) is 7.75. The number of rotatable bonds is 7. The molecular formula is C16H25N3O3. The number of anilines is 1. The standard InChI is InChI=1S/C16H25N3O3/c1-13(22-15-5-2-4-14(17)12-15)16(20)18-6-3-7-19-8-10-21-11-9-19/h2,4-5,12-13H,3,6-11,17H2,1H3,(H,18,20). The van der Waals surface area contributed by atoms with Crippen LogP contribution in [0, 0.1) is 0 Å². The lowest BCUT2D eigenvalue weighted by molar-refractivity contribution is -0.127. The van der Waals surface area contributed by atoms with Crippen LogP contribution in [0.1, 0.15) is 13.3 Å². The van der Waals surface area contributed by atoms with Gasteiger partial charge in [0, 0.05) is 31.4 Å². The molecule has 0 bridgehead atoms. The van der Waals surface area contributed by atoms with Crippen molar-refractivity contribution in [2.75, 3.05) is 45.1 Å². The molecule has 1 amide bonds. The molecule has 0 saturated carbocycles. The Balaban J connectivity index is 1.63. The first kappa shape index (κ1) is 16.6. The van der Waals surface area contributed by atoms with Gasteiger partial charge < -0.3 is 20.5 Å². The molecule has 1 aliphatic heterocycles. The Bertz CT molecular complexity index is 475. The Kier molecular flexibility index (Phi) is 6.48. The molecule has 1 atom stereocenters. The number of carbonyl (C=O) groups excluding carboxylic acids is 1. The predicted octanol–water partition coefficient (Wildman–Crippen LogP) is 0.875. The van der Waals surface area contributed by atoms with Gasteiger partial charge >= 0.3 is 0 Å². The lowest BCUT2D eigenvalue weighted by Gasteiger charge is -2.26. The van der Waals surface area contributed by atoms with Crippen molar-refractivity contribution in [3.8, 4) is 5.75 Å². The lowest BCUT2D eigenvalue weighted by atomic mass is 10.3. The fraction of sp³-hybridized carbons (Fsp3) is 0.562. The highest BCUT2D eigenvalue weighted by atomic mass is 16.5. The molecule has 1 saturated heterocycles. The van der Waals surface area contributed by atoms with Crippen molar-refractivity contribution < 1.29 is 14.3 Å². The third-order valence-corrected chi connectivity index (χ3v) is 3.59. The maximum absolute atomic E-state index is 12.0. The fourth-order valence-corrected chi connectivity index (χ4v) is 2.33. The number of carbonyl (C=O) groups is 1. The number of nitrogens with one attached hydrogen (secondary N) is 1. The molecule has 1 heterocycles. The largest absolute Gasteiger partial charge is 0.481 e. The van der Waals surface area contributed by atoms with E-state index in [0.717, 1.165) is 39.3 Å². The minimum atomic E-state index is -0.537. The molecule has 1 unspecified atom stereocenters. The van der Waals surface area contributed by atoms with E-state index in [4.69, 9.17) is 15.2 Å². The van der Waals surface area contributed by atoms with E-state index in [9.17, 15) is 4.79 Å². The van der Waals surface area contributed by atoms with Gasteiger partial charge in [-0.2, -0.15) is 0 Å². The SMILES string of the molecule is CC(Oc1cccc(N)c1)C(=O)NCCCN1CCOCC1. The topological polar surface area (TPSA) is 76.8 Å². The molecule has 2 rings (SSSR count). The molecule has 3 N–H and O–H groups in total. The summed E-state index contributed by atoms with van der Waals surface area (Å²) in [4.78, 5) is 14.3. The van der Waals surface area contributed by atoms with Gasteiger partial charge in [0.2, 0.25) is 0 Å². The molecule has 22 heavy (non-hydrogen) atoms. The molecular weight excluding hydrogens is 282 g/mol. The minimum Gasteiger partial charge on any atom is -0.481 e. The molecule has 0 radical (unpaired) electrons. The van der Waals surface area contributed by atoms with Crippen LogP contribution in [0.2, 0.25) is 0 Å². The number of nitrogens with two attached hydrogens (primary N) is 1. The van der Waals surface area contributed by atoms with E-state index in [1.165, 1.54) is 0 Å². The van der Waals surface area contributed by atoms with Gasteiger partial charge in [0.25, 0.3) is 5.91 Å². The number of ether oxygens (including phenoxy) is 2. The normalized spacial score (nSPS) is 17.0. The number of nitrogens with zero attached hydrogens (tertiary/aromatic N) is 1. The maximum Gasteiger partial charge on any atom is 0.260 e. The zero-order chi connectivity index (χ0) is 15.8. The Morgan fingerprint density at radius 3 is 2.95 bits per heavy atom. The van der Waals surface area contributed by atoms with Crippen molar-refractivity contribution in [2.45, 2.75) is 19.4 Å². The average molecular weight is 307 g/mol. The number of nitrogen functional groups attached to an aromatic ring is 1. The second kappa shape index (κ2) is 8.60. The van der Waals surface area contributed by atoms with Crippen LogP contribution in [0.3, 0.4) is 0 Å². The van der Waals surface area contributed by atoms with Crippen LogP contribution >= 0.6 is 0 Å². The van der Waals surface area contributed by atoms with Gasteiger partial charge in [0.1, 0.15) is 5.75 Å². The summed E-state index contributed by atoms with van der Waals surface area (Å²) in [5.74, 6) is 0.500. The van der Waals surface area contributed by atoms with Crippen LogP contribution in [-0.2, 0) is 9.53 Å². The molecule has 0 aromatic heterocycles. The summed E-state index contributed by atoms with van der Waals surface area (Å²) in [7, 11) is 0. The van der Waals surface area contributed by atoms with Crippen molar-refractivity contribution in [2.24, 2.45) is 0 Å². The van der Waals surface area contributed by atoms with Gasteiger partial charge in [-0.15, -0.1) is 0 Å². The predicted molar refractivity (Wildman–Crippen MR) is 85.8 cm³/mol. The van der Waals surface area contributed by atoms with E-state index >= 15 is 0 Å². The van der Waals surface area contributed by atoms with Crippen LogP contribution in [0.4, 0.5) is 5.69 Å². The summed E-state index contributed by atoms with van der Waals surface area (Å²) >= 11 is 0. The molecule has 6 heteroatoms. The highest BCUT2D eigenvalue weighted by Gasteiger charge is 2.14. The molecule has 122 valence electrons. The summed E-state index contributed by atoms with van der Waals surface area (Å²) in [6.45, 7) is 6.93. The number of benzene rings is 1. The number of amides is 1. The molecule has 1 aromatic carbocycles. The summed E-state index contributed by atoms with van der Waals surface area (Å²) in [6.07, 6.45) is 0.390. The van der Waals surface area contributed by atoms with Crippen LogP contribution in [-0.4, -0.2) is 56.3 Å². The maximum atomic E-state index is 12.0. The van der Waals surface area contributed by atoms with E-state index in [2.05, 4.69) is 10.2 Å². The third-order valence-electron chi connectivity index (χ3n) is 3.59. The van der Waals surface area contributed by atoms with Gasteiger partial charge in [-0.05, 0) is 32.0 Å². The smallest absolute Gasteiger partial charge is 0.260 e. The Labute approximate surface area is 131 Å². The first-order chi connectivity index (χ1) is 10.6. The van der Waals surface area contributed by atoms with Crippen molar-refractivity contribution in [3.05, 3.63) is 24.3 Å². The van der Waals surface area contributed by atoms with Crippen molar-refractivity contribution in [1.29, 1.82) is 0 Å². The van der Waals surface area contributed by atoms with Crippen molar-refractivity contribution >= 4 is 11.6 Å². The number of hydrogen-bond donors (Lipinski definition) is 2. The van der Waals surface area contributed by atoms with Crippen molar-refractivity contribution in [3.63, 3.8) is 0 Å². The summed E-state index contributed by atoms with van der Waals surface area (Å²) < 4.78 is 10.9. The summed E-state index contributed by atoms with van der Waals surface area (Å²) in [5, 5.41) is 2.90. The average Bonchev–Trinajstić information content (AvgIpc) is 2.52. The van der Waals surface area contributed by atoms with Crippen LogP contribution in [0.5, 0.6) is 5.75 Å². The number of morpholine rings is 1. The van der Waals surface area contributed by atoms with Gasteiger partial charge in [-0.1, -0.05) is 6.07 Å². The quantitative estimate of drug-likeness (QED) is 0.577. The van der Waals surface area contributed by atoms with Gasteiger partial charge in [-0.3, -0.25) is 9.69 Å². The monoisotopic (exact) mass is 307 g/mol. The molecule has 6 nitrogen and oxygen atoms in total. The van der Waals surface area contributed by atoms with E-state index in [1.54, 1.807) is 31.2 Å². The van der Waals surface area contributed by atoms with Gasteiger partial charge in [0.15, 0.2) is 6.10 Å². The van der Waals surface area contributed by atoms with Crippen LogP contribution < -0.4 is 15.8 Å². The van der Waals surface area contributed by atoms with Gasteiger partial charge in [-0.25, -0.2) is 0 Å². The molecule has 1 aromatic rings. The van der Waals surface area contributed by atoms with E-state index < -0.39 is 6.10 Å². The number of hydrogen-bond acceptors (Lipinski definition) is 5. The second-order valence-electron chi connectivity index (χ2n) is 5.43. The van der Waals surface area contributed by atoms with Crippen LogP contribution in [0.15, 0.2) is 24.3 Å². The fourth-order valence-electron chi connectivity index (χ4n) is 2.33. The van der Waals surface area contributed by atoms with E-state index in [1.807, 2.05) is 0 Å². The minimum absolute atomic E-state index is 0.107. The Hall–Kier alpha value is -1.79. The van der Waals surface area contributed by atoms with E-state index in [-0.39, 0.29) is 5.91 Å². The first-order valence-electron chi connectivity index (χ1n) is 7.75. The summed E-state index contributed by atoms with van der Waals surface area (Å²) in [5.41, 5.74) is 6.31. The van der Waals surface area contributed by atoms with Crippen molar-refractivity contribution in [1.82, 2.24) is 10.2 Å². The Morgan fingerprint density at radius 1 is 1.45 bits per heavy atom. The molecule has 1 fully saturated rings. The second-order valence-corrected chi connectivity index (χ2v) is 5.43.